The van der Waals surface area contributed by atoms with Crippen molar-refractivity contribution in [1.82, 2.24) is 19.7 Å². The van der Waals surface area contributed by atoms with E-state index in [-0.39, 0.29) is 12.3 Å². The minimum atomic E-state index is -0.0983. The monoisotopic (exact) mass is 469 g/mol. The number of carbonyl (C=O) groups excluding carboxylic acids is 1. The highest BCUT2D eigenvalue weighted by molar-refractivity contribution is 7.71. The van der Waals surface area contributed by atoms with Crippen molar-refractivity contribution < 1.29 is 4.79 Å². The van der Waals surface area contributed by atoms with Gasteiger partial charge < -0.3 is 5.32 Å². The Labute approximate surface area is 194 Å². The SMILES string of the molecule is CCCc1ccc(-c2nc(NC(=O)CCn3c(-c4cccs4)n[nH]c3=S)sc2C)cc1. The molecule has 0 aliphatic carbocycles. The van der Waals surface area contributed by atoms with Gasteiger partial charge in [-0.25, -0.2) is 4.98 Å². The molecule has 0 atom stereocenters. The van der Waals surface area contributed by atoms with Crippen molar-refractivity contribution >= 4 is 45.9 Å². The van der Waals surface area contributed by atoms with Crippen LogP contribution in [0.3, 0.4) is 0 Å². The van der Waals surface area contributed by atoms with Gasteiger partial charge in [0.15, 0.2) is 15.7 Å². The fourth-order valence-corrected chi connectivity index (χ4v) is 5.15. The molecule has 0 saturated heterocycles. The summed E-state index contributed by atoms with van der Waals surface area (Å²) in [7, 11) is 0. The maximum Gasteiger partial charge on any atom is 0.227 e. The van der Waals surface area contributed by atoms with Crippen LogP contribution in [0.25, 0.3) is 22.0 Å². The molecule has 0 bridgehead atoms. The number of nitrogens with one attached hydrogen (secondary N) is 2. The number of benzene rings is 1. The molecule has 0 saturated carbocycles. The van der Waals surface area contributed by atoms with Crippen molar-refractivity contribution in [2.24, 2.45) is 0 Å². The molecule has 4 aromatic rings. The molecule has 6 nitrogen and oxygen atoms in total. The Bertz CT molecular complexity index is 1220. The van der Waals surface area contributed by atoms with Gasteiger partial charge in [0, 0.05) is 23.4 Å². The molecule has 0 spiro atoms. The molecular formula is C22H23N5OS3. The molecule has 0 aliphatic rings. The first-order chi connectivity index (χ1) is 15.0. The van der Waals surface area contributed by atoms with Crippen molar-refractivity contribution in [3.05, 3.63) is 57.0 Å². The third-order valence-corrected chi connectivity index (χ3v) is 6.94. The van der Waals surface area contributed by atoms with Gasteiger partial charge in [0.1, 0.15) is 0 Å². The van der Waals surface area contributed by atoms with Gasteiger partial charge in [-0.3, -0.25) is 14.5 Å². The van der Waals surface area contributed by atoms with E-state index in [0.717, 1.165) is 39.7 Å². The molecule has 0 unspecified atom stereocenters. The summed E-state index contributed by atoms with van der Waals surface area (Å²) >= 11 is 8.42. The quantitative estimate of drug-likeness (QED) is 0.307. The van der Waals surface area contributed by atoms with Crippen molar-refractivity contribution in [3.8, 4) is 22.0 Å². The number of thiophene rings is 1. The highest BCUT2D eigenvalue weighted by Crippen LogP contribution is 2.31. The Balaban J connectivity index is 1.42. The highest BCUT2D eigenvalue weighted by atomic mass is 32.1. The lowest BCUT2D eigenvalue weighted by atomic mass is 10.1. The fourth-order valence-electron chi connectivity index (χ4n) is 3.35. The summed E-state index contributed by atoms with van der Waals surface area (Å²) in [6, 6.07) is 12.5. The number of nitrogens with zero attached hydrogens (tertiary/aromatic N) is 3. The first kappa shape index (κ1) is 21.6. The Kier molecular flexibility index (Phi) is 6.74. The van der Waals surface area contributed by atoms with Crippen LogP contribution >= 0.6 is 34.9 Å². The largest absolute Gasteiger partial charge is 0.302 e. The lowest BCUT2D eigenvalue weighted by molar-refractivity contribution is -0.116. The van der Waals surface area contributed by atoms with Crippen LogP contribution in [0.4, 0.5) is 5.13 Å². The van der Waals surface area contributed by atoms with Crippen LogP contribution in [0, 0.1) is 11.7 Å². The van der Waals surface area contributed by atoms with Crippen LogP contribution in [0.5, 0.6) is 0 Å². The maximum absolute atomic E-state index is 12.6. The van der Waals surface area contributed by atoms with Gasteiger partial charge in [-0.2, -0.15) is 5.10 Å². The number of carbonyl (C=O) groups is 1. The number of anilines is 1. The molecule has 1 aromatic carbocycles. The molecule has 9 heteroatoms. The van der Waals surface area contributed by atoms with Gasteiger partial charge in [-0.15, -0.1) is 22.7 Å². The second-order valence-electron chi connectivity index (χ2n) is 7.15. The second-order valence-corrected chi connectivity index (χ2v) is 9.69. The lowest BCUT2D eigenvalue weighted by Gasteiger charge is -2.05. The zero-order valence-electron chi connectivity index (χ0n) is 17.3. The molecule has 0 aliphatic heterocycles. The van der Waals surface area contributed by atoms with Crippen LogP contribution in [0.2, 0.25) is 0 Å². The molecule has 31 heavy (non-hydrogen) atoms. The summed E-state index contributed by atoms with van der Waals surface area (Å²) in [6.07, 6.45) is 2.49. The van der Waals surface area contributed by atoms with Crippen LogP contribution < -0.4 is 5.32 Å². The average molecular weight is 470 g/mol. The summed E-state index contributed by atoms with van der Waals surface area (Å²) in [6.45, 7) is 4.65. The number of hydrogen-bond acceptors (Lipinski definition) is 6. The normalized spacial score (nSPS) is 11.0. The summed E-state index contributed by atoms with van der Waals surface area (Å²) < 4.78 is 2.37. The van der Waals surface area contributed by atoms with Crippen LogP contribution in [0.15, 0.2) is 41.8 Å². The first-order valence-electron chi connectivity index (χ1n) is 10.1. The van der Waals surface area contributed by atoms with Crippen molar-refractivity contribution in [2.75, 3.05) is 5.32 Å². The Morgan fingerprint density at radius 2 is 2.06 bits per heavy atom. The van der Waals surface area contributed by atoms with Crippen LogP contribution in [-0.2, 0) is 17.8 Å². The Hall–Kier alpha value is -2.62. The van der Waals surface area contributed by atoms with Gasteiger partial charge in [0.05, 0.1) is 10.6 Å². The van der Waals surface area contributed by atoms with E-state index in [1.54, 1.807) is 11.3 Å². The molecule has 2 N–H and O–H groups in total. The van der Waals surface area contributed by atoms with E-state index in [4.69, 9.17) is 12.2 Å². The third kappa shape index (κ3) is 5.00. The highest BCUT2D eigenvalue weighted by Gasteiger charge is 2.14. The first-order valence-corrected chi connectivity index (χ1v) is 12.2. The van der Waals surface area contributed by atoms with E-state index in [9.17, 15) is 4.79 Å². The lowest BCUT2D eigenvalue weighted by Crippen LogP contribution is -2.14. The number of aromatic amines is 1. The van der Waals surface area contributed by atoms with Crippen LogP contribution in [0.1, 0.15) is 30.2 Å². The van der Waals surface area contributed by atoms with E-state index < -0.39 is 0 Å². The Morgan fingerprint density at radius 3 is 2.77 bits per heavy atom. The molecule has 3 heterocycles. The molecule has 0 radical (unpaired) electrons. The van der Waals surface area contributed by atoms with Gasteiger partial charge in [-0.1, -0.05) is 43.7 Å². The van der Waals surface area contributed by atoms with Gasteiger partial charge in [0.25, 0.3) is 0 Å². The second kappa shape index (κ2) is 9.67. The van der Waals surface area contributed by atoms with E-state index in [1.165, 1.54) is 16.9 Å². The third-order valence-electron chi connectivity index (χ3n) is 4.87. The smallest absolute Gasteiger partial charge is 0.227 e. The van der Waals surface area contributed by atoms with E-state index >= 15 is 0 Å². The Morgan fingerprint density at radius 1 is 1.26 bits per heavy atom. The van der Waals surface area contributed by atoms with Crippen molar-refractivity contribution in [2.45, 2.75) is 39.7 Å². The molecular weight excluding hydrogens is 446 g/mol. The fraction of sp³-hybridized carbons (Fsp3) is 0.273. The summed E-state index contributed by atoms with van der Waals surface area (Å²) in [4.78, 5) is 19.3. The summed E-state index contributed by atoms with van der Waals surface area (Å²) in [5.74, 6) is 0.658. The maximum atomic E-state index is 12.6. The number of hydrogen-bond donors (Lipinski definition) is 2. The molecule has 3 aromatic heterocycles. The minimum Gasteiger partial charge on any atom is -0.302 e. The van der Waals surface area contributed by atoms with E-state index in [2.05, 4.69) is 51.7 Å². The van der Waals surface area contributed by atoms with Crippen molar-refractivity contribution in [1.29, 1.82) is 0 Å². The van der Waals surface area contributed by atoms with Gasteiger partial charge in [0.2, 0.25) is 5.91 Å². The molecule has 0 fully saturated rings. The standard InChI is InChI=1S/C22H23N5OS3/c1-3-5-15-7-9-16(10-8-15)19-14(2)31-21(24-19)23-18(28)11-12-27-20(25-26-22(27)29)17-6-4-13-30-17/h4,6-10,13H,3,5,11-12H2,1-2H3,(H,26,29)(H,23,24,28). The van der Waals surface area contributed by atoms with E-state index in [0.29, 0.717) is 16.4 Å². The predicted molar refractivity (Wildman–Crippen MR) is 130 cm³/mol. The average Bonchev–Trinajstić information content (AvgIpc) is 3.48. The molecule has 4 rings (SSSR count). The van der Waals surface area contributed by atoms with Crippen molar-refractivity contribution in [3.63, 3.8) is 0 Å². The number of amides is 1. The zero-order chi connectivity index (χ0) is 21.8. The topological polar surface area (TPSA) is 75.6 Å². The number of rotatable bonds is 8. The van der Waals surface area contributed by atoms with E-state index in [1.807, 2.05) is 29.0 Å². The summed E-state index contributed by atoms with van der Waals surface area (Å²) in [5.41, 5.74) is 3.31. The number of thiazole rings is 1. The summed E-state index contributed by atoms with van der Waals surface area (Å²) in [5, 5.41) is 12.7. The molecule has 1 amide bonds. The molecule has 160 valence electrons. The number of H-pyrrole nitrogens is 1. The number of aromatic nitrogens is 4. The van der Waals surface area contributed by atoms with Gasteiger partial charge in [-0.05, 0) is 42.6 Å². The zero-order valence-corrected chi connectivity index (χ0v) is 19.8. The predicted octanol–water partition coefficient (Wildman–Crippen LogP) is 6.08. The minimum absolute atomic E-state index is 0.0983. The van der Waals surface area contributed by atoms with Gasteiger partial charge >= 0.3 is 0 Å². The number of aryl methyl sites for hydroxylation is 2. The van der Waals surface area contributed by atoms with Crippen LogP contribution in [-0.4, -0.2) is 25.7 Å².